The zero-order chi connectivity index (χ0) is 13.0. The summed E-state index contributed by atoms with van der Waals surface area (Å²) in [5, 5.41) is 3.22. The molecule has 1 aromatic rings. The van der Waals surface area contributed by atoms with Gasteiger partial charge in [-0.25, -0.2) is 4.39 Å². The highest BCUT2D eigenvalue weighted by atomic mass is 19.1. The molecule has 1 aromatic carbocycles. The summed E-state index contributed by atoms with van der Waals surface area (Å²) in [5.41, 5.74) is 0.410. The van der Waals surface area contributed by atoms with Crippen LogP contribution in [0.1, 0.15) is 36.0 Å². The highest BCUT2D eigenvalue weighted by molar-refractivity contribution is 6.00. The smallest absolute Gasteiger partial charge is 0.179 e. The van der Waals surface area contributed by atoms with Crippen molar-refractivity contribution in [2.24, 2.45) is 0 Å². The number of carbonyl (C=O) groups is 1. The fourth-order valence-corrected chi connectivity index (χ4v) is 2.27. The van der Waals surface area contributed by atoms with Crippen LogP contribution in [0.5, 0.6) is 5.75 Å². The Hall–Kier alpha value is -1.42. The van der Waals surface area contributed by atoms with Gasteiger partial charge in [0, 0.05) is 5.56 Å². The van der Waals surface area contributed by atoms with Crippen LogP contribution in [0.2, 0.25) is 0 Å². The predicted molar refractivity (Wildman–Crippen MR) is 67.5 cm³/mol. The second-order valence-corrected chi connectivity index (χ2v) is 4.57. The molecule has 1 fully saturated rings. The highest BCUT2D eigenvalue weighted by Gasteiger charge is 2.21. The molecule has 1 heterocycles. The number of ether oxygens (including phenoxy) is 1. The van der Waals surface area contributed by atoms with Gasteiger partial charge >= 0.3 is 0 Å². The number of benzene rings is 1. The number of hydrogen-bond acceptors (Lipinski definition) is 3. The summed E-state index contributed by atoms with van der Waals surface area (Å²) in [6.45, 7) is 0.856. The Kier molecular flexibility index (Phi) is 4.31. The van der Waals surface area contributed by atoms with Crippen LogP contribution in [0.3, 0.4) is 0 Å². The zero-order valence-electron chi connectivity index (χ0n) is 10.5. The summed E-state index contributed by atoms with van der Waals surface area (Å²) in [5.74, 6) is -0.351. The Bertz CT molecular complexity index is 426. The van der Waals surface area contributed by atoms with E-state index in [1.165, 1.54) is 19.2 Å². The summed E-state index contributed by atoms with van der Waals surface area (Å²) >= 11 is 0. The number of Topliss-reactive ketones (excluding diaryl/α,β-unsaturated/α-hetero) is 1. The van der Waals surface area contributed by atoms with Crippen LogP contribution >= 0.6 is 0 Å². The first-order chi connectivity index (χ1) is 8.72. The van der Waals surface area contributed by atoms with Crippen LogP contribution < -0.4 is 10.1 Å². The maximum atomic E-state index is 13.6. The van der Waals surface area contributed by atoms with Gasteiger partial charge in [0.2, 0.25) is 0 Å². The molecule has 0 radical (unpaired) electrons. The lowest BCUT2D eigenvalue weighted by molar-refractivity contribution is 0.0940. The molecule has 1 aliphatic rings. The molecule has 1 N–H and O–H groups in total. The van der Waals surface area contributed by atoms with E-state index in [4.69, 9.17) is 4.74 Å². The molecule has 98 valence electrons. The average Bonchev–Trinajstić information content (AvgIpc) is 2.66. The normalized spacial score (nSPS) is 20.2. The molecule has 1 saturated heterocycles. The van der Waals surface area contributed by atoms with Crippen molar-refractivity contribution in [3.63, 3.8) is 0 Å². The largest absolute Gasteiger partial charge is 0.494 e. The third kappa shape index (κ3) is 2.88. The van der Waals surface area contributed by atoms with Crippen molar-refractivity contribution in [2.45, 2.75) is 31.7 Å². The second-order valence-electron chi connectivity index (χ2n) is 4.57. The van der Waals surface area contributed by atoms with Crippen molar-refractivity contribution in [3.8, 4) is 5.75 Å². The maximum Gasteiger partial charge on any atom is 0.179 e. The fraction of sp³-hybridized carbons (Fsp3) is 0.500. The Labute approximate surface area is 106 Å². The van der Waals surface area contributed by atoms with Gasteiger partial charge < -0.3 is 10.1 Å². The van der Waals surface area contributed by atoms with E-state index >= 15 is 0 Å². The fourth-order valence-electron chi connectivity index (χ4n) is 2.27. The number of rotatable bonds is 3. The van der Waals surface area contributed by atoms with Crippen LogP contribution in [0.15, 0.2) is 18.2 Å². The van der Waals surface area contributed by atoms with Gasteiger partial charge in [0.05, 0.1) is 13.2 Å². The molecule has 2 rings (SSSR count). The van der Waals surface area contributed by atoms with Crippen molar-refractivity contribution in [3.05, 3.63) is 29.6 Å². The Morgan fingerprint density at radius 1 is 1.39 bits per heavy atom. The van der Waals surface area contributed by atoms with Crippen molar-refractivity contribution in [2.75, 3.05) is 13.7 Å². The maximum absolute atomic E-state index is 13.6. The molecule has 0 saturated carbocycles. The lowest BCUT2D eigenvalue weighted by Crippen LogP contribution is -2.36. The Morgan fingerprint density at radius 2 is 2.22 bits per heavy atom. The number of halogens is 1. The number of hydrogen-bond donors (Lipinski definition) is 1. The van der Waals surface area contributed by atoms with E-state index in [9.17, 15) is 9.18 Å². The summed E-state index contributed by atoms with van der Waals surface area (Å²) < 4.78 is 18.4. The van der Waals surface area contributed by atoms with Crippen molar-refractivity contribution < 1.29 is 13.9 Å². The minimum atomic E-state index is -0.489. The minimum absolute atomic E-state index is 0.0292. The first-order valence-corrected chi connectivity index (χ1v) is 6.33. The van der Waals surface area contributed by atoms with E-state index in [1.807, 2.05) is 0 Å². The minimum Gasteiger partial charge on any atom is -0.494 e. The SMILES string of the molecule is COc1ccc(C(=O)C2CCCCCN2)cc1F. The molecular weight excluding hydrogens is 233 g/mol. The Balaban J connectivity index is 2.14. The third-order valence-corrected chi connectivity index (χ3v) is 3.31. The average molecular weight is 251 g/mol. The number of carbonyl (C=O) groups excluding carboxylic acids is 1. The van der Waals surface area contributed by atoms with Gasteiger partial charge in [-0.1, -0.05) is 12.8 Å². The lowest BCUT2D eigenvalue weighted by Gasteiger charge is -2.14. The number of methoxy groups -OCH3 is 1. The van der Waals surface area contributed by atoms with Gasteiger partial charge in [-0.2, -0.15) is 0 Å². The van der Waals surface area contributed by atoms with Gasteiger partial charge in [0.25, 0.3) is 0 Å². The van der Waals surface area contributed by atoms with Crippen molar-refractivity contribution in [1.82, 2.24) is 5.32 Å². The molecule has 4 heteroatoms. The number of ketones is 1. The van der Waals surface area contributed by atoms with Crippen LogP contribution in [0, 0.1) is 5.82 Å². The van der Waals surface area contributed by atoms with Crippen LogP contribution in [-0.2, 0) is 0 Å². The van der Waals surface area contributed by atoms with E-state index < -0.39 is 5.82 Å². The molecule has 0 aromatic heterocycles. The first kappa shape index (κ1) is 13.0. The molecule has 18 heavy (non-hydrogen) atoms. The summed E-state index contributed by atoms with van der Waals surface area (Å²) in [7, 11) is 1.41. The first-order valence-electron chi connectivity index (χ1n) is 6.33. The quantitative estimate of drug-likeness (QED) is 0.839. The molecule has 3 nitrogen and oxygen atoms in total. The molecule has 1 atom stereocenters. The molecule has 0 amide bonds. The second kappa shape index (κ2) is 5.96. The Morgan fingerprint density at radius 3 is 2.94 bits per heavy atom. The predicted octanol–water partition coefficient (Wildman–Crippen LogP) is 2.55. The molecule has 0 spiro atoms. The summed E-state index contributed by atoms with van der Waals surface area (Å²) in [4.78, 5) is 12.2. The van der Waals surface area contributed by atoms with Gasteiger partial charge in [0.1, 0.15) is 0 Å². The topological polar surface area (TPSA) is 38.3 Å². The summed E-state index contributed by atoms with van der Waals surface area (Å²) in [6.07, 6.45) is 4.11. The summed E-state index contributed by atoms with van der Waals surface area (Å²) in [6, 6.07) is 4.20. The third-order valence-electron chi connectivity index (χ3n) is 3.31. The van der Waals surface area contributed by atoms with E-state index in [0.717, 1.165) is 32.2 Å². The van der Waals surface area contributed by atoms with Gasteiger partial charge in [-0.05, 0) is 37.6 Å². The van der Waals surface area contributed by atoms with E-state index in [0.29, 0.717) is 5.56 Å². The van der Waals surface area contributed by atoms with Crippen LogP contribution in [0.25, 0.3) is 0 Å². The van der Waals surface area contributed by atoms with Gasteiger partial charge in [-0.3, -0.25) is 4.79 Å². The van der Waals surface area contributed by atoms with Crippen LogP contribution in [-0.4, -0.2) is 25.5 Å². The highest BCUT2D eigenvalue weighted by Crippen LogP contribution is 2.20. The molecular formula is C14H18FNO2. The van der Waals surface area contributed by atoms with Crippen molar-refractivity contribution >= 4 is 5.78 Å². The van der Waals surface area contributed by atoms with Crippen LogP contribution in [0.4, 0.5) is 4.39 Å². The lowest BCUT2D eigenvalue weighted by atomic mass is 10.00. The molecule has 1 unspecified atom stereocenters. The molecule has 0 aliphatic carbocycles. The molecule has 1 aliphatic heterocycles. The van der Waals surface area contributed by atoms with E-state index in [2.05, 4.69) is 5.32 Å². The molecule has 0 bridgehead atoms. The van der Waals surface area contributed by atoms with Crippen molar-refractivity contribution in [1.29, 1.82) is 0 Å². The standard InChI is InChI=1S/C14H18FNO2/c1-18-13-7-6-10(9-11(13)15)14(17)12-5-3-2-4-8-16-12/h6-7,9,12,16H,2-5,8H2,1H3. The monoisotopic (exact) mass is 251 g/mol. The number of nitrogens with one attached hydrogen (secondary N) is 1. The van der Waals surface area contributed by atoms with Gasteiger partial charge in [-0.15, -0.1) is 0 Å². The van der Waals surface area contributed by atoms with E-state index in [-0.39, 0.29) is 17.6 Å². The zero-order valence-corrected chi connectivity index (χ0v) is 10.5. The van der Waals surface area contributed by atoms with Gasteiger partial charge in [0.15, 0.2) is 17.3 Å². The van der Waals surface area contributed by atoms with E-state index in [1.54, 1.807) is 6.07 Å².